The standard InChI is InChI=1S/C16H31N5O/c1-7-17-15(18-8-9-20-16(4,5)6)19-11-13-10-14(12(2)3)21-22-13/h10,12,20H,7-9,11H2,1-6H3,(H2,17,18,19). The maximum Gasteiger partial charge on any atom is 0.191 e. The number of guanidine groups is 1. The number of hydrogen-bond acceptors (Lipinski definition) is 4. The maximum atomic E-state index is 5.30. The Morgan fingerprint density at radius 3 is 2.55 bits per heavy atom. The van der Waals surface area contributed by atoms with Gasteiger partial charge in [0.2, 0.25) is 0 Å². The van der Waals surface area contributed by atoms with Gasteiger partial charge in [-0.2, -0.15) is 0 Å². The average Bonchev–Trinajstić information content (AvgIpc) is 2.88. The van der Waals surface area contributed by atoms with Gasteiger partial charge in [0.15, 0.2) is 11.7 Å². The van der Waals surface area contributed by atoms with Crippen LogP contribution in [0.25, 0.3) is 0 Å². The fourth-order valence-corrected chi connectivity index (χ4v) is 1.79. The minimum Gasteiger partial charge on any atom is -0.359 e. The van der Waals surface area contributed by atoms with Crippen molar-refractivity contribution in [3.8, 4) is 0 Å². The predicted molar refractivity (Wildman–Crippen MR) is 91.2 cm³/mol. The summed E-state index contributed by atoms with van der Waals surface area (Å²) in [5.41, 5.74) is 1.10. The number of nitrogens with zero attached hydrogens (tertiary/aromatic N) is 2. The van der Waals surface area contributed by atoms with E-state index in [1.165, 1.54) is 0 Å². The van der Waals surface area contributed by atoms with Gasteiger partial charge in [-0.15, -0.1) is 0 Å². The number of aromatic nitrogens is 1. The molecule has 0 unspecified atom stereocenters. The van der Waals surface area contributed by atoms with Crippen molar-refractivity contribution in [3.05, 3.63) is 17.5 Å². The number of rotatable bonds is 7. The second-order valence-corrected chi connectivity index (χ2v) is 6.67. The molecule has 0 aliphatic carbocycles. The van der Waals surface area contributed by atoms with Gasteiger partial charge >= 0.3 is 0 Å². The molecule has 0 aliphatic heterocycles. The summed E-state index contributed by atoms with van der Waals surface area (Å²) in [7, 11) is 0. The van der Waals surface area contributed by atoms with Crippen molar-refractivity contribution < 1.29 is 4.52 Å². The van der Waals surface area contributed by atoms with Crippen molar-refractivity contribution in [2.45, 2.75) is 59.5 Å². The van der Waals surface area contributed by atoms with Crippen molar-refractivity contribution in [2.24, 2.45) is 4.99 Å². The van der Waals surface area contributed by atoms with Gasteiger partial charge in [0.1, 0.15) is 6.54 Å². The van der Waals surface area contributed by atoms with Crippen LogP contribution < -0.4 is 16.0 Å². The van der Waals surface area contributed by atoms with Crippen LogP contribution in [0.1, 0.15) is 58.9 Å². The van der Waals surface area contributed by atoms with Crippen LogP contribution in [0.2, 0.25) is 0 Å². The number of aliphatic imine (C=N–C) groups is 1. The highest BCUT2D eigenvalue weighted by molar-refractivity contribution is 5.79. The Hall–Kier alpha value is -1.56. The van der Waals surface area contributed by atoms with Crippen LogP contribution in [0.3, 0.4) is 0 Å². The molecule has 1 heterocycles. The predicted octanol–water partition coefficient (Wildman–Crippen LogP) is 2.24. The van der Waals surface area contributed by atoms with E-state index in [0.717, 1.165) is 37.0 Å². The van der Waals surface area contributed by atoms with Gasteiger partial charge in [0, 0.05) is 31.2 Å². The lowest BCUT2D eigenvalue weighted by Crippen LogP contribution is -2.44. The molecule has 0 bridgehead atoms. The second-order valence-electron chi connectivity index (χ2n) is 6.67. The van der Waals surface area contributed by atoms with E-state index in [9.17, 15) is 0 Å². The molecule has 0 saturated carbocycles. The molecule has 0 fully saturated rings. The van der Waals surface area contributed by atoms with E-state index >= 15 is 0 Å². The van der Waals surface area contributed by atoms with Gasteiger partial charge in [-0.1, -0.05) is 19.0 Å². The average molecular weight is 309 g/mol. The summed E-state index contributed by atoms with van der Waals surface area (Å²) in [5, 5.41) is 14.0. The summed E-state index contributed by atoms with van der Waals surface area (Å²) in [6.07, 6.45) is 0. The molecule has 1 aromatic heterocycles. The number of nitrogens with one attached hydrogen (secondary N) is 3. The first-order valence-corrected chi connectivity index (χ1v) is 8.04. The van der Waals surface area contributed by atoms with Crippen molar-refractivity contribution in [1.82, 2.24) is 21.1 Å². The molecular formula is C16H31N5O. The lowest BCUT2D eigenvalue weighted by Gasteiger charge is -2.21. The van der Waals surface area contributed by atoms with Crippen molar-refractivity contribution in [1.29, 1.82) is 0 Å². The fraction of sp³-hybridized carbons (Fsp3) is 0.750. The zero-order valence-electron chi connectivity index (χ0n) is 14.8. The highest BCUT2D eigenvalue weighted by atomic mass is 16.5. The van der Waals surface area contributed by atoms with Crippen LogP contribution in [-0.2, 0) is 6.54 Å². The minimum atomic E-state index is 0.129. The highest BCUT2D eigenvalue weighted by Crippen LogP contribution is 2.14. The zero-order chi connectivity index (χ0) is 16.6. The largest absolute Gasteiger partial charge is 0.359 e. The van der Waals surface area contributed by atoms with E-state index in [1.54, 1.807) is 0 Å². The third-order valence-corrected chi connectivity index (χ3v) is 2.98. The Labute approximate surface area is 134 Å². The van der Waals surface area contributed by atoms with Gasteiger partial charge in [0.05, 0.1) is 5.69 Å². The fourth-order valence-electron chi connectivity index (χ4n) is 1.79. The van der Waals surface area contributed by atoms with Gasteiger partial charge in [-0.3, -0.25) is 0 Å². The van der Waals surface area contributed by atoms with Crippen molar-refractivity contribution >= 4 is 5.96 Å². The zero-order valence-corrected chi connectivity index (χ0v) is 14.8. The van der Waals surface area contributed by atoms with E-state index in [4.69, 9.17) is 4.52 Å². The third kappa shape index (κ3) is 7.45. The van der Waals surface area contributed by atoms with Gasteiger partial charge < -0.3 is 20.5 Å². The molecule has 6 heteroatoms. The monoisotopic (exact) mass is 309 g/mol. The molecule has 22 heavy (non-hydrogen) atoms. The van der Waals surface area contributed by atoms with E-state index in [1.807, 2.05) is 6.07 Å². The maximum absolute atomic E-state index is 5.30. The SMILES string of the molecule is CCNC(=NCc1cc(C(C)C)no1)NCCNC(C)(C)C. The summed E-state index contributed by atoms with van der Waals surface area (Å²) < 4.78 is 5.30. The molecular weight excluding hydrogens is 278 g/mol. The molecule has 0 aliphatic rings. The topological polar surface area (TPSA) is 74.5 Å². The summed E-state index contributed by atoms with van der Waals surface area (Å²) in [6, 6.07) is 1.97. The summed E-state index contributed by atoms with van der Waals surface area (Å²) in [6.45, 7) is 15.7. The smallest absolute Gasteiger partial charge is 0.191 e. The molecule has 126 valence electrons. The van der Waals surface area contributed by atoms with Crippen LogP contribution in [0.4, 0.5) is 0 Å². The van der Waals surface area contributed by atoms with E-state index in [0.29, 0.717) is 12.5 Å². The molecule has 0 radical (unpaired) electrons. The summed E-state index contributed by atoms with van der Waals surface area (Å²) in [4.78, 5) is 4.52. The van der Waals surface area contributed by atoms with Gasteiger partial charge in [-0.05, 0) is 33.6 Å². The van der Waals surface area contributed by atoms with Crippen LogP contribution in [0.15, 0.2) is 15.6 Å². The molecule has 6 nitrogen and oxygen atoms in total. The van der Waals surface area contributed by atoms with Crippen LogP contribution in [-0.4, -0.2) is 36.3 Å². The van der Waals surface area contributed by atoms with Gasteiger partial charge in [-0.25, -0.2) is 4.99 Å². The molecule has 1 aromatic rings. The first-order valence-electron chi connectivity index (χ1n) is 8.04. The Balaban J connectivity index is 2.47. The summed E-state index contributed by atoms with van der Waals surface area (Å²) in [5.74, 6) is 1.95. The quantitative estimate of drug-likeness (QED) is 0.409. The Morgan fingerprint density at radius 1 is 1.27 bits per heavy atom. The lowest BCUT2D eigenvalue weighted by molar-refractivity contribution is 0.376. The van der Waals surface area contributed by atoms with Crippen LogP contribution in [0.5, 0.6) is 0 Å². The lowest BCUT2D eigenvalue weighted by atomic mass is 10.1. The molecule has 0 saturated heterocycles. The molecule has 0 aromatic carbocycles. The third-order valence-electron chi connectivity index (χ3n) is 2.98. The normalized spacial score (nSPS) is 12.8. The van der Waals surface area contributed by atoms with E-state index in [-0.39, 0.29) is 5.54 Å². The van der Waals surface area contributed by atoms with E-state index < -0.39 is 0 Å². The molecule has 3 N–H and O–H groups in total. The molecule has 0 spiro atoms. The Morgan fingerprint density at radius 2 is 2.00 bits per heavy atom. The van der Waals surface area contributed by atoms with Crippen molar-refractivity contribution in [3.63, 3.8) is 0 Å². The van der Waals surface area contributed by atoms with Crippen LogP contribution >= 0.6 is 0 Å². The number of hydrogen-bond donors (Lipinski definition) is 3. The Kier molecular flexibility index (Phi) is 7.38. The van der Waals surface area contributed by atoms with Gasteiger partial charge in [0.25, 0.3) is 0 Å². The molecule has 0 atom stereocenters. The molecule has 0 amide bonds. The summed E-state index contributed by atoms with van der Waals surface area (Å²) >= 11 is 0. The molecule has 1 rings (SSSR count). The minimum absolute atomic E-state index is 0.129. The first kappa shape index (κ1) is 18.5. The second kappa shape index (κ2) is 8.78. The Bertz CT molecular complexity index is 459. The van der Waals surface area contributed by atoms with Crippen LogP contribution in [0, 0.1) is 0 Å². The first-order chi connectivity index (χ1) is 10.3. The van der Waals surface area contributed by atoms with E-state index in [2.05, 4.69) is 67.6 Å². The van der Waals surface area contributed by atoms with Crippen molar-refractivity contribution in [2.75, 3.05) is 19.6 Å². The highest BCUT2D eigenvalue weighted by Gasteiger charge is 2.09.